The van der Waals surface area contributed by atoms with Gasteiger partial charge in [0.1, 0.15) is 11.0 Å². The van der Waals surface area contributed by atoms with Crippen molar-refractivity contribution in [2.45, 2.75) is 58.5 Å². The van der Waals surface area contributed by atoms with Crippen LogP contribution in [-0.2, 0) is 16.8 Å². The van der Waals surface area contributed by atoms with Crippen LogP contribution in [0.4, 0.5) is 0 Å². The first kappa shape index (κ1) is 15.1. The van der Waals surface area contributed by atoms with Crippen molar-refractivity contribution in [2.75, 3.05) is 0 Å². The van der Waals surface area contributed by atoms with Gasteiger partial charge in [-0.15, -0.1) is 11.3 Å². The molecule has 0 radical (unpaired) electrons. The van der Waals surface area contributed by atoms with E-state index in [1.54, 1.807) is 11.3 Å². The van der Waals surface area contributed by atoms with Gasteiger partial charge in [-0.2, -0.15) is 0 Å². The number of carbonyl (C=O) groups is 1. The number of nitrogens with zero attached hydrogens (tertiary/aromatic N) is 1. The van der Waals surface area contributed by atoms with Crippen molar-refractivity contribution in [3.8, 4) is 0 Å². The van der Waals surface area contributed by atoms with Crippen molar-refractivity contribution in [1.29, 1.82) is 0 Å². The molecule has 0 saturated heterocycles. The van der Waals surface area contributed by atoms with Gasteiger partial charge in [-0.3, -0.25) is 10.1 Å². The molecule has 0 bridgehead atoms. The Kier molecular flexibility index (Phi) is 5.28. The second kappa shape index (κ2) is 6.29. The van der Waals surface area contributed by atoms with Crippen LogP contribution in [-0.4, -0.2) is 22.1 Å². The number of nitrogens with one attached hydrogen (secondary N) is 1. The number of carboxylic acid groups (broad SMARTS) is 1. The van der Waals surface area contributed by atoms with E-state index >= 15 is 0 Å². The molecule has 0 amide bonds. The minimum absolute atomic E-state index is 0.0460. The fraction of sp³-hybridized carbons (Fsp3) is 0.692. The van der Waals surface area contributed by atoms with E-state index in [0.717, 1.165) is 17.1 Å². The van der Waals surface area contributed by atoms with Crippen molar-refractivity contribution in [1.82, 2.24) is 10.3 Å². The zero-order valence-electron chi connectivity index (χ0n) is 11.5. The van der Waals surface area contributed by atoms with Gasteiger partial charge >= 0.3 is 5.97 Å². The average molecular weight is 270 g/mol. The SMILES string of the molecule is CCCC(NCc1nc(C(C)(C)C)cs1)C(=O)O. The maximum absolute atomic E-state index is 11.0. The molecule has 1 heterocycles. The summed E-state index contributed by atoms with van der Waals surface area (Å²) in [5.41, 5.74) is 1.11. The normalized spacial score (nSPS) is 13.6. The lowest BCUT2D eigenvalue weighted by atomic mass is 9.93. The predicted molar refractivity (Wildman–Crippen MR) is 74.0 cm³/mol. The number of thiazole rings is 1. The summed E-state index contributed by atoms with van der Waals surface area (Å²) in [6.45, 7) is 8.87. The quantitative estimate of drug-likeness (QED) is 0.834. The zero-order chi connectivity index (χ0) is 13.8. The molecule has 0 aliphatic rings. The fourth-order valence-electron chi connectivity index (χ4n) is 1.55. The molecular weight excluding hydrogens is 248 g/mol. The third kappa shape index (κ3) is 4.38. The van der Waals surface area contributed by atoms with E-state index in [4.69, 9.17) is 5.11 Å². The Morgan fingerprint density at radius 1 is 1.56 bits per heavy atom. The van der Waals surface area contributed by atoms with Gasteiger partial charge < -0.3 is 5.11 Å². The lowest BCUT2D eigenvalue weighted by molar-refractivity contribution is -0.139. The second-order valence-corrected chi connectivity index (χ2v) is 6.38. The van der Waals surface area contributed by atoms with Gasteiger partial charge in [0.05, 0.1) is 5.69 Å². The van der Waals surface area contributed by atoms with Crippen molar-refractivity contribution < 1.29 is 9.90 Å². The minimum atomic E-state index is -0.788. The lowest BCUT2D eigenvalue weighted by Gasteiger charge is -2.14. The van der Waals surface area contributed by atoms with Gasteiger partial charge in [0.25, 0.3) is 0 Å². The number of rotatable bonds is 6. The monoisotopic (exact) mass is 270 g/mol. The lowest BCUT2D eigenvalue weighted by Crippen LogP contribution is -2.36. The molecule has 1 aromatic heterocycles. The van der Waals surface area contributed by atoms with Crippen LogP contribution in [0.1, 0.15) is 51.2 Å². The van der Waals surface area contributed by atoms with E-state index in [0.29, 0.717) is 13.0 Å². The maximum Gasteiger partial charge on any atom is 0.320 e. The highest BCUT2D eigenvalue weighted by molar-refractivity contribution is 7.09. The molecule has 4 nitrogen and oxygen atoms in total. The molecule has 1 unspecified atom stereocenters. The summed E-state index contributed by atoms with van der Waals surface area (Å²) in [5, 5.41) is 15.1. The molecule has 102 valence electrons. The maximum atomic E-state index is 11.0. The zero-order valence-corrected chi connectivity index (χ0v) is 12.3. The molecule has 5 heteroatoms. The molecule has 0 fully saturated rings. The highest BCUT2D eigenvalue weighted by Gasteiger charge is 2.19. The molecule has 0 aliphatic carbocycles. The summed E-state index contributed by atoms with van der Waals surface area (Å²) in [6, 6.07) is -0.475. The molecule has 1 atom stereocenters. The van der Waals surface area contributed by atoms with E-state index in [1.165, 1.54) is 0 Å². The molecule has 0 aliphatic heterocycles. The number of hydrogen-bond donors (Lipinski definition) is 2. The predicted octanol–water partition coefficient (Wildman–Crippen LogP) is 2.78. The molecule has 0 aromatic carbocycles. The Balaban J connectivity index is 2.57. The Bertz CT molecular complexity index is 396. The van der Waals surface area contributed by atoms with Gasteiger partial charge in [0.15, 0.2) is 0 Å². The van der Waals surface area contributed by atoms with Crippen LogP contribution in [0.3, 0.4) is 0 Å². The van der Waals surface area contributed by atoms with Crippen LogP contribution in [0.2, 0.25) is 0 Å². The van der Waals surface area contributed by atoms with Crippen LogP contribution in [0.15, 0.2) is 5.38 Å². The van der Waals surface area contributed by atoms with Crippen LogP contribution in [0.25, 0.3) is 0 Å². The summed E-state index contributed by atoms with van der Waals surface area (Å²) in [7, 11) is 0. The molecule has 0 spiro atoms. The first-order valence-electron chi connectivity index (χ1n) is 6.25. The highest BCUT2D eigenvalue weighted by atomic mass is 32.1. The largest absolute Gasteiger partial charge is 0.480 e. The summed E-state index contributed by atoms with van der Waals surface area (Å²) in [6.07, 6.45) is 1.50. The van der Waals surface area contributed by atoms with Crippen molar-refractivity contribution >= 4 is 17.3 Å². The van der Waals surface area contributed by atoms with Crippen molar-refractivity contribution in [2.24, 2.45) is 0 Å². The Morgan fingerprint density at radius 3 is 2.67 bits per heavy atom. The topological polar surface area (TPSA) is 62.2 Å². The molecule has 1 aromatic rings. The third-order valence-electron chi connectivity index (χ3n) is 2.70. The first-order chi connectivity index (χ1) is 8.34. The van der Waals surface area contributed by atoms with Crippen molar-refractivity contribution in [3.05, 3.63) is 16.1 Å². The van der Waals surface area contributed by atoms with Gasteiger partial charge in [0, 0.05) is 17.3 Å². The van der Waals surface area contributed by atoms with Gasteiger partial charge in [-0.05, 0) is 6.42 Å². The van der Waals surface area contributed by atoms with Gasteiger partial charge in [-0.1, -0.05) is 34.1 Å². The second-order valence-electron chi connectivity index (χ2n) is 5.44. The van der Waals surface area contributed by atoms with Crippen molar-refractivity contribution in [3.63, 3.8) is 0 Å². The van der Waals surface area contributed by atoms with Crippen LogP contribution in [0.5, 0.6) is 0 Å². The van der Waals surface area contributed by atoms with Crippen LogP contribution < -0.4 is 5.32 Å². The van der Waals surface area contributed by atoms with E-state index in [-0.39, 0.29) is 5.41 Å². The molecule has 18 heavy (non-hydrogen) atoms. The smallest absolute Gasteiger partial charge is 0.320 e. The number of carboxylic acids is 1. The summed E-state index contributed by atoms with van der Waals surface area (Å²) in [5.74, 6) is -0.788. The fourth-order valence-corrected chi connectivity index (χ4v) is 2.52. The first-order valence-corrected chi connectivity index (χ1v) is 7.13. The standard InChI is InChI=1S/C13H22N2O2S/c1-5-6-9(12(16)17)14-7-11-15-10(8-18-11)13(2,3)4/h8-9,14H,5-7H2,1-4H3,(H,16,17). The molecular formula is C13H22N2O2S. The number of hydrogen-bond acceptors (Lipinski definition) is 4. The number of aliphatic carboxylic acids is 1. The summed E-state index contributed by atoms with van der Waals surface area (Å²) >= 11 is 1.58. The van der Waals surface area contributed by atoms with Gasteiger partial charge in [-0.25, -0.2) is 4.98 Å². The van der Waals surface area contributed by atoms with Gasteiger partial charge in [0.2, 0.25) is 0 Å². The molecule has 1 rings (SSSR count). The Hall–Kier alpha value is -0.940. The van der Waals surface area contributed by atoms with E-state index < -0.39 is 12.0 Å². The van der Waals surface area contributed by atoms with Crippen LogP contribution in [0, 0.1) is 0 Å². The highest BCUT2D eigenvalue weighted by Crippen LogP contribution is 2.23. The third-order valence-corrected chi connectivity index (χ3v) is 3.54. The summed E-state index contributed by atoms with van der Waals surface area (Å²) < 4.78 is 0. The van der Waals surface area contributed by atoms with Crippen LogP contribution >= 0.6 is 11.3 Å². The minimum Gasteiger partial charge on any atom is -0.480 e. The summed E-state index contributed by atoms with van der Waals surface area (Å²) in [4.78, 5) is 15.5. The average Bonchev–Trinajstić information content (AvgIpc) is 2.71. The number of aromatic nitrogens is 1. The molecule has 0 saturated carbocycles. The van der Waals surface area contributed by atoms with E-state index in [9.17, 15) is 4.79 Å². The van der Waals surface area contributed by atoms with E-state index in [2.05, 4.69) is 31.1 Å². The Labute approximate surface area is 112 Å². The molecule has 2 N–H and O–H groups in total. The van der Waals surface area contributed by atoms with E-state index in [1.807, 2.05) is 12.3 Å². The Morgan fingerprint density at radius 2 is 2.22 bits per heavy atom.